The van der Waals surface area contributed by atoms with Crippen LogP contribution in [0.2, 0.25) is 0 Å². The molecule has 1 aliphatic rings. The molecule has 1 aromatic carbocycles. The molecular formula is C22H23N5O2S. The number of aromatic nitrogens is 4. The number of rotatable bonds is 5. The summed E-state index contributed by atoms with van der Waals surface area (Å²) in [6.07, 6.45) is 5.94. The Balaban J connectivity index is 1.52. The van der Waals surface area contributed by atoms with E-state index in [1.165, 1.54) is 0 Å². The molecule has 0 aliphatic carbocycles. The van der Waals surface area contributed by atoms with Gasteiger partial charge in [-0.15, -0.1) is 0 Å². The lowest BCUT2D eigenvalue weighted by Gasteiger charge is -2.19. The predicted octanol–water partition coefficient (Wildman–Crippen LogP) is 3.57. The number of sulfonamides is 1. The van der Waals surface area contributed by atoms with Crippen LogP contribution in [0.3, 0.4) is 0 Å². The first-order chi connectivity index (χ1) is 14.6. The van der Waals surface area contributed by atoms with E-state index in [9.17, 15) is 8.42 Å². The van der Waals surface area contributed by atoms with E-state index in [1.807, 2.05) is 30.3 Å². The first-order valence-corrected chi connectivity index (χ1v) is 11.7. The average molecular weight is 422 g/mol. The molecule has 3 aromatic heterocycles. The number of nitrogens with zero attached hydrogens (tertiary/aromatic N) is 5. The molecule has 0 radical (unpaired) electrons. The van der Waals surface area contributed by atoms with Crippen molar-refractivity contribution in [1.29, 1.82) is 0 Å². The molecule has 1 atom stereocenters. The van der Waals surface area contributed by atoms with Crippen LogP contribution in [0.15, 0.2) is 59.8 Å². The third kappa shape index (κ3) is 3.07. The number of hydrogen-bond donors (Lipinski definition) is 0. The molecule has 1 unspecified atom stereocenters. The maximum atomic E-state index is 13.5. The third-order valence-corrected chi connectivity index (χ3v) is 7.60. The van der Waals surface area contributed by atoms with Crippen molar-refractivity contribution in [3.8, 4) is 0 Å². The van der Waals surface area contributed by atoms with Gasteiger partial charge in [0.2, 0.25) is 10.0 Å². The molecule has 1 saturated heterocycles. The fourth-order valence-corrected chi connectivity index (χ4v) is 5.98. The Hall–Kier alpha value is -2.84. The van der Waals surface area contributed by atoms with Crippen LogP contribution in [0.25, 0.3) is 22.1 Å². The summed E-state index contributed by atoms with van der Waals surface area (Å²) in [5, 5.41) is 0.823. The molecule has 0 spiro atoms. The molecule has 1 fully saturated rings. The maximum Gasteiger partial charge on any atom is 0.245 e. The summed E-state index contributed by atoms with van der Waals surface area (Å²) in [6.45, 7) is 2.99. The van der Waals surface area contributed by atoms with E-state index in [4.69, 9.17) is 4.98 Å². The molecule has 0 bridgehead atoms. The van der Waals surface area contributed by atoms with Crippen LogP contribution in [0.4, 0.5) is 0 Å². The van der Waals surface area contributed by atoms with Gasteiger partial charge in [0.05, 0.1) is 11.6 Å². The number of benzene rings is 1. The van der Waals surface area contributed by atoms with E-state index in [0.29, 0.717) is 18.6 Å². The zero-order valence-electron chi connectivity index (χ0n) is 16.8. The highest BCUT2D eigenvalue weighted by Gasteiger charge is 2.36. The molecule has 0 amide bonds. The largest absolute Gasteiger partial charge is 0.308 e. The summed E-state index contributed by atoms with van der Waals surface area (Å²) in [6, 6.07) is 12.9. The number of imidazole rings is 1. The topological polar surface area (TPSA) is 81.0 Å². The van der Waals surface area contributed by atoms with Crippen molar-refractivity contribution in [3.05, 3.63) is 60.7 Å². The molecule has 5 rings (SSSR count). The Morgan fingerprint density at radius 1 is 1.07 bits per heavy atom. The van der Waals surface area contributed by atoms with Gasteiger partial charge in [-0.3, -0.25) is 4.98 Å². The van der Waals surface area contributed by atoms with Crippen molar-refractivity contribution >= 4 is 32.1 Å². The van der Waals surface area contributed by atoms with E-state index in [-0.39, 0.29) is 10.9 Å². The third-order valence-electron chi connectivity index (χ3n) is 5.70. The van der Waals surface area contributed by atoms with E-state index < -0.39 is 10.0 Å². The first kappa shape index (κ1) is 19.1. The van der Waals surface area contributed by atoms with Crippen molar-refractivity contribution in [2.75, 3.05) is 13.1 Å². The lowest BCUT2D eigenvalue weighted by molar-refractivity contribution is 0.449. The van der Waals surface area contributed by atoms with Crippen molar-refractivity contribution in [1.82, 2.24) is 23.8 Å². The van der Waals surface area contributed by atoms with Gasteiger partial charge >= 0.3 is 0 Å². The van der Waals surface area contributed by atoms with E-state index in [1.54, 1.807) is 28.8 Å². The average Bonchev–Trinajstić information content (AvgIpc) is 3.38. The molecule has 4 heterocycles. The fourth-order valence-electron chi connectivity index (χ4n) is 4.32. The quantitative estimate of drug-likeness (QED) is 0.492. The zero-order valence-corrected chi connectivity index (χ0v) is 17.6. The second-order valence-corrected chi connectivity index (χ2v) is 9.54. The lowest BCUT2D eigenvalue weighted by Crippen LogP contribution is -2.29. The van der Waals surface area contributed by atoms with Crippen LogP contribution in [-0.4, -0.2) is 45.3 Å². The van der Waals surface area contributed by atoms with Crippen LogP contribution < -0.4 is 0 Å². The molecular weight excluding hydrogens is 398 g/mol. The smallest absolute Gasteiger partial charge is 0.245 e. The highest BCUT2D eigenvalue weighted by molar-refractivity contribution is 7.89. The SMILES string of the molecule is CCCc1nc2cccnc2n1C1CCN(S(=O)(=O)c2cccc3cccnc23)C1. The van der Waals surface area contributed by atoms with Gasteiger partial charge in [0.15, 0.2) is 5.65 Å². The van der Waals surface area contributed by atoms with Crippen molar-refractivity contribution < 1.29 is 8.42 Å². The Bertz CT molecular complexity index is 1330. The summed E-state index contributed by atoms with van der Waals surface area (Å²) in [5.41, 5.74) is 2.21. The minimum absolute atomic E-state index is 0.0177. The Kier molecular flexibility index (Phi) is 4.75. The molecule has 1 aliphatic heterocycles. The minimum atomic E-state index is -3.65. The van der Waals surface area contributed by atoms with Gasteiger partial charge in [0.1, 0.15) is 16.2 Å². The molecule has 8 heteroatoms. The normalized spacial score (nSPS) is 17.8. The van der Waals surface area contributed by atoms with Crippen molar-refractivity contribution in [2.24, 2.45) is 0 Å². The van der Waals surface area contributed by atoms with Gasteiger partial charge in [-0.1, -0.05) is 25.1 Å². The van der Waals surface area contributed by atoms with Crippen LogP contribution >= 0.6 is 0 Å². The van der Waals surface area contributed by atoms with Crippen LogP contribution in [0.5, 0.6) is 0 Å². The summed E-state index contributed by atoms with van der Waals surface area (Å²) < 4.78 is 30.7. The van der Waals surface area contributed by atoms with Gasteiger partial charge < -0.3 is 4.57 Å². The second-order valence-electron chi connectivity index (χ2n) is 7.63. The van der Waals surface area contributed by atoms with E-state index in [0.717, 1.165) is 41.6 Å². The molecule has 4 aromatic rings. The highest BCUT2D eigenvalue weighted by atomic mass is 32.2. The number of hydrogen-bond acceptors (Lipinski definition) is 5. The van der Waals surface area contributed by atoms with Crippen LogP contribution in [0.1, 0.15) is 31.6 Å². The summed E-state index contributed by atoms with van der Waals surface area (Å²) in [4.78, 5) is 13.9. The predicted molar refractivity (Wildman–Crippen MR) is 116 cm³/mol. The van der Waals surface area contributed by atoms with E-state index in [2.05, 4.69) is 21.5 Å². The molecule has 154 valence electrons. The number of pyridine rings is 2. The molecule has 30 heavy (non-hydrogen) atoms. The Morgan fingerprint density at radius 2 is 1.87 bits per heavy atom. The highest BCUT2D eigenvalue weighted by Crippen LogP contribution is 2.32. The zero-order chi connectivity index (χ0) is 20.7. The van der Waals surface area contributed by atoms with Gasteiger partial charge in [-0.25, -0.2) is 18.4 Å². The number of aryl methyl sites for hydroxylation is 1. The molecule has 0 saturated carbocycles. The van der Waals surface area contributed by atoms with Crippen molar-refractivity contribution in [3.63, 3.8) is 0 Å². The molecule has 0 N–H and O–H groups in total. The minimum Gasteiger partial charge on any atom is -0.308 e. The summed E-state index contributed by atoms with van der Waals surface area (Å²) in [5.74, 6) is 0.974. The first-order valence-electron chi connectivity index (χ1n) is 10.3. The van der Waals surface area contributed by atoms with E-state index >= 15 is 0 Å². The van der Waals surface area contributed by atoms with Gasteiger partial charge in [0, 0.05) is 37.3 Å². The van der Waals surface area contributed by atoms with Crippen LogP contribution in [0, 0.1) is 0 Å². The Labute approximate surface area is 175 Å². The monoisotopic (exact) mass is 421 g/mol. The standard InChI is InChI=1S/C22H23N5O2S/c1-2-6-20-25-18-9-5-13-24-22(18)27(20)17-11-14-26(15-17)30(28,29)19-10-3-7-16-8-4-12-23-21(16)19/h3-5,7-10,12-13,17H,2,6,11,14-15H2,1H3. The Morgan fingerprint density at radius 3 is 2.73 bits per heavy atom. The number of para-hydroxylation sites is 1. The van der Waals surface area contributed by atoms with Crippen molar-refractivity contribution in [2.45, 2.75) is 37.1 Å². The van der Waals surface area contributed by atoms with Crippen LogP contribution in [-0.2, 0) is 16.4 Å². The number of fused-ring (bicyclic) bond motifs is 2. The van der Waals surface area contributed by atoms with Gasteiger partial charge in [0.25, 0.3) is 0 Å². The van der Waals surface area contributed by atoms with Gasteiger partial charge in [-0.2, -0.15) is 4.31 Å². The maximum absolute atomic E-state index is 13.5. The molecule has 7 nitrogen and oxygen atoms in total. The summed E-state index contributed by atoms with van der Waals surface area (Å²) >= 11 is 0. The lowest BCUT2D eigenvalue weighted by atomic mass is 10.2. The fraction of sp³-hybridized carbons (Fsp3) is 0.318. The second kappa shape index (κ2) is 7.45. The summed E-state index contributed by atoms with van der Waals surface area (Å²) in [7, 11) is -3.65. The van der Waals surface area contributed by atoms with Gasteiger partial charge in [-0.05, 0) is 37.1 Å².